The summed E-state index contributed by atoms with van der Waals surface area (Å²) in [5.41, 5.74) is 3.42. The zero-order valence-electron chi connectivity index (χ0n) is 24.3. The predicted octanol–water partition coefficient (Wildman–Crippen LogP) is 4.58. The van der Waals surface area contributed by atoms with Crippen LogP contribution in [-0.2, 0) is 17.4 Å². The average molecular weight is 665 g/mol. The number of hydrogen-bond donors (Lipinski definition) is 2. The van der Waals surface area contributed by atoms with Crippen molar-refractivity contribution in [2.45, 2.75) is 39.5 Å². The number of halogens is 2. The molecule has 0 aliphatic rings. The van der Waals surface area contributed by atoms with Gasteiger partial charge in [-0.25, -0.2) is 4.57 Å². The smallest absolute Gasteiger partial charge is 0.736 e. The minimum Gasteiger partial charge on any atom is -0.736 e. The van der Waals surface area contributed by atoms with Gasteiger partial charge in [-0.15, -0.1) is 0 Å². The Morgan fingerprint density at radius 3 is 1.43 bits per heavy atom. The van der Waals surface area contributed by atoms with Crippen LogP contribution in [0.4, 0.5) is 0 Å². The van der Waals surface area contributed by atoms with Crippen molar-refractivity contribution >= 4 is 42.6 Å². The first-order valence-electron chi connectivity index (χ1n) is 13.2. The number of Topliss-reactive ketones (excluding diaryl/α,β-unsaturated/α-hetero) is 2. The fraction of sp³-hybridized carbons (Fsp3) is 0.188. The van der Waals surface area contributed by atoms with E-state index in [0.29, 0.717) is 34.0 Å². The monoisotopic (exact) mass is 664 g/mol. The standard InChI is InChI=1S/C32H29Cl2O8P.Na/c1-19-15-25(9-3-21(19)5-13-29(35)27-11-7-23(33)17-31(27)37)41-43(39,40)42-26-10-4-22(20(2)16-26)6-14-30(36)28-12-8-24(34)18-32(28)38;/h3-4,7-12,15-18,37-38H,5-6,13-14H2,1-2H3,(H,39,40);/q;+1/p-1. The van der Waals surface area contributed by atoms with Crippen molar-refractivity contribution in [1.82, 2.24) is 0 Å². The first-order chi connectivity index (χ1) is 20.3. The Labute approximate surface area is 287 Å². The maximum atomic E-state index is 12.6. The van der Waals surface area contributed by atoms with Gasteiger partial charge in [0.25, 0.3) is 0 Å². The van der Waals surface area contributed by atoms with Gasteiger partial charge < -0.3 is 24.2 Å². The Bertz CT molecular complexity index is 1620. The first-order valence-corrected chi connectivity index (χ1v) is 15.5. The molecule has 0 unspecified atom stereocenters. The Morgan fingerprint density at radius 1 is 0.705 bits per heavy atom. The quantitative estimate of drug-likeness (QED) is 0.128. The van der Waals surface area contributed by atoms with Crippen LogP contribution in [-0.4, -0.2) is 21.8 Å². The van der Waals surface area contributed by atoms with Gasteiger partial charge in [0.15, 0.2) is 11.6 Å². The molecule has 8 nitrogen and oxygen atoms in total. The summed E-state index contributed by atoms with van der Waals surface area (Å²) in [6.07, 6.45) is 1.01. The van der Waals surface area contributed by atoms with Gasteiger partial charge in [-0.2, -0.15) is 0 Å². The van der Waals surface area contributed by atoms with Crippen molar-refractivity contribution in [3.8, 4) is 23.0 Å². The van der Waals surface area contributed by atoms with Crippen molar-refractivity contribution in [2.75, 3.05) is 0 Å². The first kappa shape index (κ1) is 35.7. The van der Waals surface area contributed by atoms with E-state index in [0.717, 1.165) is 11.1 Å². The average Bonchev–Trinajstić information content (AvgIpc) is 2.91. The molecule has 0 spiro atoms. The minimum absolute atomic E-state index is 0. The zero-order chi connectivity index (χ0) is 31.3. The molecule has 0 radical (unpaired) electrons. The van der Waals surface area contributed by atoms with Gasteiger partial charge in [0.05, 0.1) is 11.1 Å². The number of phenols is 2. The number of phosphoric acid groups is 1. The third kappa shape index (κ3) is 9.59. The van der Waals surface area contributed by atoms with E-state index >= 15 is 0 Å². The van der Waals surface area contributed by atoms with Crippen LogP contribution in [0.15, 0.2) is 72.8 Å². The van der Waals surface area contributed by atoms with Crippen molar-refractivity contribution in [2.24, 2.45) is 0 Å². The molecule has 0 saturated carbocycles. The maximum absolute atomic E-state index is 12.6. The summed E-state index contributed by atoms with van der Waals surface area (Å²) in [5, 5.41) is 20.6. The van der Waals surface area contributed by atoms with E-state index in [4.69, 9.17) is 32.2 Å². The number of ketones is 2. The number of aromatic hydroxyl groups is 2. The van der Waals surface area contributed by atoms with E-state index in [1.165, 1.54) is 60.7 Å². The largest absolute Gasteiger partial charge is 1.00 e. The van der Waals surface area contributed by atoms with Crippen molar-refractivity contribution in [3.05, 3.63) is 116 Å². The van der Waals surface area contributed by atoms with E-state index < -0.39 is 7.82 Å². The summed E-state index contributed by atoms with van der Waals surface area (Å²) >= 11 is 11.7. The molecule has 4 aromatic rings. The van der Waals surface area contributed by atoms with Gasteiger partial charge in [0.1, 0.15) is 23.0 Å². The molecule has 4 rings (SSSR count). The second-order valence-electron chi connectivity index (χ2n) is 9.98. The Hall–Kier alpha value is -2.81. The van der Waals surface area contributed by atoms with Crippen LogP contribution in [0.3, 0.4) is 0 Å². The van der Waals surface area contributed by atoms with Gasteiger partial charge in [0.2, 0.25) is 0 Å². The Morgan fingerprint density at radius 2 is 1.09 bits per heavy atom. The molecule has 4 aromatic carbocycles. The van der Waals surface area contributed by atoms with Gasteiger partial charge in [0, 0.05) is 22.9 Å². The SMILES string of the molecule is Cc1cc(OP(=O)([O-])Oc2ccc(CCC(=O)c3ccc(Cl)cc3O)c(C)c2)ccc1CCC(=O)c1ccc(Cl)cc1O.[Na+]. The van der Waals surface area contributed by atoms with E-state index in [-0.39, 0.29) is 88.1 Å². The molecule has 224 valence electrons. The molecule has 0 atom stereocenters. The molecule has 0 heterocycles. The summed E-state index contributed by atoms with van der Waals surface area (Å²) in [6.45, 7) is 3.54. The molecule has 2 N–H and O–H groups in total. The third-order valence-electron chi connectivity index (χ3n) is 6.83. The molecule has 0 aliphatic heterocycles. The van der Waals surface area contributed by atoms with E-state index in [2.05, 4.69) is 0 Å². The Balaban J connectivity index is 0.00000529. The second-order valence-corrected chi connectivity index (χ2v) is 12.1. The summed E-state index contributed by atoms with van der Waals surface area (Å²) < 4.78 is 23.0. The van der Waals surface area contributed by atoms with Crippen molar-refractivity contribution in [3.63, 3.8) is 0 Å². The minimum atomic E-state index is -4.80. The molecule has 0 aromatic heterocycles. The number of carbonyl (C=O) groups excluding carboxylic acids is 2. The molecule has 0 amide bonds. The molecule has 0 bridgehead atoms. The molecule has 44 heavy (non-hydrogen) atoms. The molecule has 0 saturated heterocycles. The number of hydrogen-bond acceptors (Lipinski definition) is 8. The van der Waals surface area contributed by atoms with Crippen molar-refractivity contribution < 1.29 is 67.9 Å². The van der Waals surface area contributed by atoms with Crippen LogP contribution < -0.4 is 43.5 Å². The van der Waals surface area contributed by atoms with Crippen LogP contribution >= 0.6 is 31.0 Å². The summed E-state index contributed by atoms with van der Waals surface area (Å²) in [5.74, 6) is -0.754. The summed E-state index contributed by atoms with van der Waals surface area (Å²) in [7, 11) is -4.80. The Kier molecular flexibility index (Phi) is 12.5. The normalized spacial score (nSPS) is 11.0. The molecule has 0 fully saturated rings. The van der Waals surface area contributed by atoms with Crippen LogP contribution in [0.1, 0.15) is 55.8 Å². The van der Waals surface area contributed by atoms with Gasteiger partial charge in [-0.05, 0) is 110 Å². The van der Waals surface area contributed by atoms with Gasteiger partial charge in [-0.3, -0.25) is 9.59 Å². The van der Waals surface area contributed by atoms with Gasteiger partial charge in [-0.1, -0.05) is 35.3 Å². The fourth-order valence-electron chi connectivity index (χ4n) is 4.54. The van der Waals surface area contributed by atoms with Crippen LogP contribution in [0.25, 0.3) is 0 Å². The number of carbonyl (C=O) groups is 2. The predicted molar refractivity (Wildman–Crippen MR) is 163 cm³/mol. The molecular formula is C32H28Cl2NaO8P. The zero-order valence-corrected chi connectivity index (χ0v) is 28.7. The van der Waals surface area contributed by atoms with Crippen LogP contribution in [0.5, 0.6) is 23.0 Å². The molecule has 12 heteroatoms. The van der Waals surface area contributed by atoms with E-state index in [1.807, 2.05) is 0 Å². The van der Waals surface area contributed by atoms with Gasteiger partial charge >= 0.3 is 37.4 Å². The number of phosphoric ester groups is 1. The summed E-state index contributed by atoms with van der Waals surface area (Å²) in [4.78, 5) is 37.7. The summed E-state index contributed by atoms with van der Waals surface area (Å²) in [6, 6.07) is 18.0. The molecular weight excluding hydrogens is 637 g/mol. The number of benzene rings is 4. The number of rotatable bonds is 12. The number of aryl methyl sites for hydroxylation is 4. The van der Waals surface area contributed by atoms with Crippen molar-refractivity contribution in [1.29, 1.82) is 0 Å². The topological polar surface area (TPSA) is 133 Å². The maximum Gasteiger partial charge on any atom is 1.00 e. The fourth-order valence-corrected chi connectivity index (χ4v) is 5.65. The number of phenolic OH excluding ortho intramolecular Hbond substituents is 2. The second kappa shape index (κ2) is 15.5. The van der Waals surface area contributed by atoms with Crippen LogP contribution in [0.2, 0.25) is 10.0 Å². The van der Waals surface area contributed by atoms with E-state index in [9.17, 15) is 29.3 Å². The van der Waals surface area contributed by atoms with E-state index in [1.54, 1.807) is 26.0 Å². The van der Waals surface area contributed by atoms with Crippen LogP contribution in [0, 0.1) is 13.8 Å². The third-order valence-corrected chi connectivity index (χ3v) is 8.16. The molecule has 0 aliphatic carbocycles.